The van der Waals surface area contributed by atoms with Gasteiger partial charge in [-0.15, -0.1) is 11.8 Å². The fourth-order valence-corrected chi connectivity index (χ4v) is 4.00. The van der Waals surface area contributed by atoms with Crippen LogP contribution in [0.3, 0.4) is 0 Å². The van der Waals surface area contributed by atoms with Crippen LogP contribution in [-0.4, -0.2) is 17.9 Å². The van der Waals surface area contributed by atoms with Gasteiger partial charge < -0.3 is 4.74 Å². The van der Waals surface area contributed by atoms with Crippen molar-refractivity contribution in [3.8, 4) is 5.75 Å². The van der Waals surface area contributed by atoms with Gasteiger partial charge in [0.05, 0.1) is 12.0 Å². The van der Waals surface area contributed by atoms with E-state index in [1.165, 1.54) is 22.5 Å². The molecule has 6 heteroatoms. The van der Waals surface area contributed by atoms with Gasteiger partial charge in [0.1, 0.15) is 12.4 Å². The first-order valence-electron chi connectivity index (χ1n) is 10.1. The molecule has 4 nitrogen and oxygen atoms in total. The average Bonchev–Trinajstić information content (AvgIpc) is 2.83. The summed E-state index contributed by atoms with van der Waals surface area (Å²) in [5, 5.41) is 7.12. The third-order valence-electron chi connectivity index (χ3n) is 4.76. The Morgan fingerprint density at radius 1 is 0.938 bits per heavy atom. The molecule has 0 saturated heterocycles. The lowest BCUT2D eigenvalue weighted by Crippen LogP contribution is -2.19. The number of amides is 1. The number of benzene rings is 4. The molecule has 1 N–H and O–H groups in total. The Bertz CT molecular complexity index is 1240. The summed E-state index contributed by atoms with van der Waals surface area (Å²) < 4.78 is 6.08. The zero-order chi connectivity index (χ0) is 22.2. The molecule has 0 aliphatic heterocycles. The van der Waals surface area contributed by atoms with Gasteiger partial charge in [-0.05, 0) is 52.7 Å². The highest BCUT2D eigenvalue weighted by molar-refractivity contribution is 8.00. The number of ether oxygens (including phenoxy) is 1. The van der Waals surface area contributed by atoms with E-state index < -0.39 is 0 Å². The maximum Gasteiger partial charge on any atom is 0.250 e. The quantitative estimate of drug-likeness (QED) is 0.190. The molecule has 0 radical (unpaired) electrons. The number of nitrogens with one attached hydrogen (secondary N) is 1. The van der Waals surface area contributed by atoms with Gasteiger partial charge in [0.15, 0.2) is 0 Å². The molecule has 0 saturated carbocycles. The predicted molar refractivity (Wildman–Crippen MR) is 133 cm³/mol. The Hall–Kier alpha value is -3.28. The molecule has 0 spiro atoms. The number of hydrogen-bond donors (Lipinski definition) is 1. The Morgan fingerprint density at radius 3 is 2.56 bits per heavy atom. The summed E-state index contributed by atoms with van der Waals surface area (Å²) in [6.07, 6.45) is 1.60. The summed E-state index contributed by atoms with van der Waals surface area (Å²) in [7, 11) is 0. The van der Waals surface area contributed by atoms with Crippen LogP contribution in [0.2, 0.25) is 5.02 Å². The maximum atomic E-state index is 12.1. The van der Waals surface area contributed by atoms with Crippen molar-refractivity contribution in [3.05, 3.63) is 107 Å². The highest BCUT2D eigenvalue weighted by Gasteiger charge is 2.05. The average molecular weight is 461 g/mol. The Balaban J connectivity index is 1.35. The monoisotopic (exact) mass is 460 g/mol. The number of thioether (sulfide) groups is 1. The van der Waals surface area contributed by atoms with E-state index in [1.54, 1.807) is 18.3 Å². The van der Waals surface area contributed by atoms with Crippen molar-refractivity contribution in [2.45, 2.75) is 11.5 Å². The van der Waals surface area contributed by atoms with Crippen molar-refractivity contribution in [2.75, 3.05) is 5.75 Å². The highest BCUT2D eigenvalue weighted by Crippen LogP contribution is 2.23. The number of hydrogen-bond acceptors (Lipinski definition) is 4. The lowest BCUT2D eigenvalue weighted by atomic mass is 10.1. The molecule has 160 valence electrons. The Morgan fingerprint density at radius 2 is 1.69 bits per heavy atom. The molecule has 1 amide bonds. The summed E-state index contributed by atoms with van der Waals surface area (Å²) in [6, 6.07) is 29.4. The van der Waals surface area contributed by atoms with Crippen LogP contribution in [0.1, 0.15) is 11.1 Å². The van der Waals surface area contributed by atoms with E-state index in [9.17, 15) is 4.79 Å². The van der Waals surface area contributed by atoms with Crippen molar-refractivity contribution in [1.29, 1.82) is 0 Å². The molecule has 0 aliphatic rings. The zero-order valence-electron chi connectivity index (χ0n) is 17.2. The van der Waals surface area contributed by atoms with Crippen LogP contribution in [0.25, 0.3) is 10.8 Å². The number of halogens is 1. The van der Waals surface area contributed by atoms with E-state index in [2.05, 4.69) is 34.8 Å². The minimum absolute atomic E-state index is 0.185. The normalized spacial score (nSPS) is 11.0. The summed E-state index contributed by atoms with van der Waals surface area (Å²) >= 11 is 7.30. The van der Waals surface area contributed by atoms with Gasteiger partial charge in [0.2, 0.25) is 5.91 Å². The summed E-state index contributed by atoms with van der Waals surface area (Å²) in [5.41, 5.74) is 4.47. The molecular formula is C26H21ClN2O2S. The minimum atomic E-state index is -0.185. The largest absolute Gasteiger partial charge is 0.488 e. The number of carbonyl (C=O) groups is 1. The van der Waals surface area contributed by atoms with Crippen molar-refractivity contribution in [1.82, 2.24) is 5.43 Å². The van der Waals surface area contributed by atoms with Crippen LogP contribution in [0.5, 0.6) is 5.75 Å². The fourth-order valence-electron chi connectivity index (χ4n) is 3.18. The topological polar surface area (TPSA) is 50.7 Å². The highest BCUT2D eigenvalue weighted by atomic mass is 35.5. The third kappa shape index (κ3) is 5.90. The van der Waals surface area contributed by atoms with Crippen molar-refractivity contribution in [3.63, 3.8) is 0 Å². The molecule has 4 aromatic carbocycles. The lowest BCUT2D eigenvalue weighted by Gasteiger charge is -2.11. The van der Waals surface area contributed by atoms with E-state index in [1.807, 2.05) is 54.6 Å². The first-order valence-corrected chi connectivity index (χ1v) is 11.4. The lowest BCUT2D eigenvalue weighted by molar-refractivity contribution is -0.118. The number of carbonyl (C=O) groups excluding carboxylic acids is 1. The number of nitrogens with zero attached hydrogens (tertiary/aromatic N) is 1. The van der Waals surface area contributed by atoms with E-state index in [-0.39, 0.29) is 11.7 Å². The first-order chi connectivity index (χ1) is 15.7. The minimum Gasteiger partial charge on any atom is -0.488 e. The Labute approximate surface area is 196 Å². The van der Waals surface area contributed by atoms with Gasteiger partial charge >= 0.3 is 0 Å². The van der Waals surface area contributed by atoms with Gasteiger partial charge in [-0.1, -0.05) is 66.2 Å². The molecule has 0 aliphatic carbocycles. The number of para-hydroxylation sites is 1. The summed E-state index contributed by atoms with van der Waals surface area (Å²) in [5.74, 6) is 0.780. The second kappa shape index (κ2) is 10.8. The molecule has 4 rings (SSSR count). The van der Waals surface area contributed by atoms with Gasteiger partial charge in [0.25, 0.3) is 0 Å². The van der Waals surface area contributed by atoms with Crippen LogP contribution >= 0.6 is 23.4 Å². The van der Waals surface area contributed by atoms with Gasteiger partial charge in [-0.3, -0.25) is 4.79 Å². The van der Waals surface area contributed by atoms with Crippen LogP contribution in [-0.2, 0) is 11.4 Å². The van der Waals surface area contributed by atoms with E-state index in [0.717, 1.165) is 16.0 Å². The van der Waals surface area contributed by atoms with E-state index >= 15 is 0 Å². The van der Waals surface area contributed by atoms with E-state index in [0.29, 0.717) is 17.4 Å². The van der Waals surface area contributed by atoms with Crippen molar-refractivity contribution in [2.24, 2.45) is 5.10 Å². The number of rotatable bonds is 8. The SMILES string of the molecule is O=C(CSc1ccc(Cl)cc1)N/N=C\c1ccccc1OCc1cccc2ccccc12. The smallest absolute Gasteiger partial charge is 0.250 e. The molecule has 32 heavy (non-hydrogen) atoms. The molecule has 0 unspecified atom stereocenters. The van der Waals surface area contributed by atoms with Gasteiger partial charge in [-0.2, -0.15) is 5.10 Å². The fraction of sp³-hybridized carbons (Fsp3) is 0.0769. The van der Waals surface area contributed by atoms with E-state index in [4.69, 9.17) is 16.3 Å². The predicted octanol–water partition coefficient (Wildman–Crippen LogP) is 6.31. The van der Waals surface area contributed by atoms with Crippen LogP contribution in [0.15, 0.2) is 101 Å². The summed E-state index contributed by atoms with van der Waals surface area (Å²) in [6.45, 7) is 0.441. The van der Waals surface area contributed by atoms with Gasteiger partial charge in [-0.25, -0.2) is 5.43 Å². The summed E-state index contributed by atoms with van der Waals surface area (Å²) in [4.78, 5) is 13.1. The van der Waals surface area contributed by atoms with Crippen LogP contribution in [0.4, 0.5) is 0 Å². The number of hydrazone groups is 1. The first kappa shape index (κ1) is 21.9. The van der Waals surface area contributed by atoms with Crippen molar-refractivity contribution >= 4 is 46.3 Å². The Kier molecular flexibility index (Phi) is 7.43. The molecule has 0 heterocycles. The number of fused-ring (bicyclic) bond motifs is 1. The second-order valence-electron chi connectivity index (χ2n) is 7.00. The third-order valence-corrected chi connectivity index (χ3v) is 6.02. The second-order valence-corrected chi connectivity index (χ2v) is 8.49. The molecular weight excluding hydrogens is 440 g/mol. The van der Waals surface area contributed by atoms with Gasteiger partial charge in [0, 0.05) is 15.5 Å². The maximum absolute atomic E-state index is 12.1. The molecule has 4 aromatic rings. The van der Waals surface area contributed by atoms with Crippen molar-refractivity contribution < 1.29 is 9.53 Å². The van der Waals surface area contributed by atoms with Crippen LogP contribution < -0.4 is 10.2 Å². The molecule has 0 bridgehead atoms. The van der Waals surface area contributed by atoms with Crippen LogP contribution in [0, 0.1) is 0 Å². The standard InChI is InChI=1S/C26H21ClN2O2S/c27-22-12-14-23(15-13-22)32-18-26(30)29-28-16-20-7-2-4-11-25(20)31-17-21-9-5-8-19-6-1-3-10-24(19)21/h1-16H,17-18H2,(H,29,30)/b28-16-. The zero-order valence-corrected chi connectivity index (χ0v) is 18.8. The molecule has 0 fully saturated rings. The molecule has 0 aromatic heterocycles. The molecule has 0 atom stereocenters.